The molecule has 0 bridgehead atoms. The van der Waals surface area contributed by atoms with Crippen molar-refractivity contribution in [2.75, 3.05) is 5.32 Å². The molecule has 2 heterocycles. The number of nitrogens with one attached hydrogen (secondary N) is 1. The number of nitrogens with zero attached hydrogens (tertiary/aromatic N) is 3. The van der Waals surface area contributed by atoms with Gasteiger partial charge in [-0.05, 0) is 13.0 Å². The summed E-state index contributed by atoms with van der Waals surface area (Å²) in [5, 5.41) is 6.64. The Bertz CT molecular complexity index is 538. The second kappa shape index (κ2) is 4.73. The van der Waals surface area contributed by atoms with E-state index in [-0.39, 0.29) is 11.5 Å². The first-order valence-electron chi connectivity index (χ1n) is 5.14. The number of hydrogen-bond donors (Lipinski definition) is 1. The average Bonchev–Trinajstić information content (AvgIpc) is 2.77. The number of carbonyl (C=O) groups excluding carboxylic acids is 1. The van der Waals surface area contributed by atoms with Crippen LogP contribution in [-0.4, -0.2) is 20.7 Å². The predicted molar refractivity (Wildman–Crippen MR) is 60.0 cm³/mol. The molecule has 0 aliphatic rings. The molecule has 0 radical (unpaired) electrons. The lowest BCUT2D eigenvalue weighted by Crippen LogP contribution is -2.11. The molecular weight excluding hydrogens is 223 g/mol. The standard InChI is InChI=1S/C11H11FN4O/c1-2-16-7-9(6-14-16)15-11(17)8-3-4-13-10(12)5-8/h3-7H,2H2,1H3,(H,15,17). The minimum atomic E-state index is -0.679. The van der Waals surface area contributed by atoms with Crippen LogP contribution in [0.5, 0.6) is 0 Å². The van der Waals surface area contributed by atoms with Gasteiger partial charge >= 0.3 is 0 Å². The molecule has 2 rings (SSSR count). The van der Waals surface area contributed by atoms with Gasteiger partial charge in [0.1, 0.15) is 0 Å². The van der Waals surface area contributed by atoms with Gasteiger partial charge in [-0.3, -0.25) is 9.48 Å². The van der Waals surface area contributed by atoms with Gasteiger partial charge in [0.05, 0.1) is 11.9 Å². The van der Waals surface area contributed by atoms with Crippen molar-refractivity contribution in [3.8, 4) is 0 Å². The van der Waals surface area contributed by atoms with Crippen LogP contribution in [0.2, 0.25) is 0 Å². The van der Waals surface area contributed by atoms with Crippen LogP contribution in [0.25, 0.3) is 0 Å². The number of aromatic nitrogens is 3. The van der Waals surface area contributed by atoms with Crippen LogP contribution >= 0.6 is 0 Å². The quantitative estimate of drug-likeness (QED) is 0.822. The Balaban J connectivity index is 2.11. The summed E-state index contributed by atoms with van der Waals surface area (Å²) >= 11 is 0. The number of pyridine rings is 1. The molecule has 0 aromatic carbocycles. The molecule has 0 atom stereocenters. The fourth-order valence-electron chi connectivity index (χ4n) is 1.35. The summed E-state index contributed by atoms with van der Waals surface area (Å²) in [6.45, 7) is 2.66. The van der Waals surface area contributed by atoms with Gasteiger partial charge in [-0.25, -0.2) is 4.98 Å². The zero-order valence-electron chi connectivity index (χ0n) is 9.22. The molecular formula is C11H11FN4O. The Morgan fingerprint density at radius 2 is 2.41 bits per heavy atom. The van der Waals surface area contributed by atoms with E-state index in [2.05, 4.69) is 15.4 Å². The van der Waals surface area contributed by atoms with Crippen molar-refractivity contribution >= 4 is 11.6 Å². The summed E-state index contributed by atoms with van der Waals surface area (Å²) in [5.74, 6) is -1.07. The van der Waals surface area contributed by atoms with E-state index in [1.807, 2.05) is 6.92 Å². The van der Waals surface area contributed by atoms with Gasteiger partial charge in [-0.2, -0.15) is 9.49 Å². The molecule has 6 heteroatoms. The highest BCUT2D eigenvalue weighted by Crippen LogP contribution is 2.08. The first kappa shape index (κ1) is 11.3. The lowest BCUT2D eigenvalue weighted by atomic mass is 10.2. The van der Waals surface area contributed by atoms with Crippen molar-refractivity contribution in [2.45, 2.75) is 13.5 Å². The fraction of sp³-hybridized carbons (Fsp3) is 0.182. The van der Waals surface area contributed by atoms with Crippen LogP contribution in [0.4, 0.5) is 10.1 Å². The van der Waals surface area contributed by atoms with E-state index in [9.17, 15) is 9.18 Å². The number of hydrogen-bond acceptors (Lipinski definition) is 3. The predicted octanol–water partition coefficient (Wildman–Crippen LogP) is 1.69. The molecule has 0 unspecified atom stereocenters. The normalized spacial score (nSPS) is 10.2. The monoisotopic (exact) mass is 234 g/mol. The minimum Gasteiger partial charge on any atom is -0.319 e. The minimum absolute atomic E-state index is 0.224. The number of halogens is 1. The highest BCUT2D eigenvalue weighted by atomic mass is 19.1. The van der Waals surface area contributed by atoms with E-state index in [0.29, 0.717) is 5.69 Å². The second-order valence-corrected chi connectivity index (χ2v) is 3.41. The van der Waals surface area contributed by atoms with Crippen LogP contribution in [0.3, 0.4) is 0 Å². The fourth-order valence-corrected chi connectivity index (χ4v) is 1.35. The zero-order valence-corrected chi connectivity index (χ0v) is 9.22. The van der Waals surface area contributed by atoms with Gasteiger partial charge < -0.3 is 5.32 Å². The average molecular weight is 234 g/mol. The summed E-state index contributed by atoms with van der Waals surface area (Å²) in [7, 11) is 0. The van der Waals surface area contributed by atoms with Crippen molar-refractivity contribution in [3.05, 3.63) is 42.2 Å². The molecule has 1 amide bonds. The first-order chi connectivity index (χ1) is 8.19. The van der Waals surface area contributed by atoms with E-state index in [0.717, 1.165) is 12.6 Å². The number of anilines is 1. The highest BCUT2D eigenvalue weighted by molar-refractivity contribution is 6.03. The van der Waals surface area contributed by atoms with Crippen molar-refractivity contribution in [1.82, 2.24) is 14.8 Å². The van der Waals surface area contributed by atoms with Crippen molar-refractivity contribution < 1.29 is 9.18 Å². The van der Waals surface area contributed by atoms with Crippen LogP contribution in [0, 0.1) is 5.95 Å². The molecule has 2 aromatic heterocycles. The third-order valence-corrected chi connectivity index (χ3v) is 2.20. The first-order valence-corrected chi connectivity index (χ1v) is 5.14. The molecule has 0 saturated heterocycles. The summed E-state index contributed by atoms with van der Waals surface area (Å²) in [6.07, 6.45) is 4.49. The number of rotatable bonds is 3. The summed E-state index contributed by atoms with van der Waals surface area (Å²) < 4.78 is 14.5. The summed E-state index contributed by atoms with van der Waals surface area (Å²) in [4.78, 5) is 15.1. The molecule has 2 aromatic rings. The van der Waals surface area contributed by atoms with Crippen molar-refractivity contribution in [1.29, 1.82) is 0 Å². The molecule has 0 saturated carbocycles. The van der Waals surface area contributed by atoms with E-state index in [1.165, 1.54) is 12.3 Å². The Morgan fingerprint density at radius 3 is 3.06 bits per heavy atom. The molecule has 0 aliphatic carbocycles. The number of carbonyl (C=O) groups is 1. The van der Waals surface area contributed by atoms with Gasteiger partial charge in [-0.15, -0.1) is 0 Å². The molecule has 5 nitrogen and oxygen atoms in total. The van der Waals surface area contributed by atoms with Gasteiger partial charge in [0.15, 0.2) is 0 Å². The number of amides is 1. The maximum atomic E-state index is 12.8. The molecule has 1 N–H and O–H groups in total. The highest BCUT2D eigenvalue weighted by Gasteiger charge is 2.08. The summed E-state index contributed by atoms with van der Waals surface area (Å²) in [5.41, 5.74) is 0.802. The third-order valence-electron chi connectivity index (χ3n) is 2.20. The Labute approximate surface area is 97.3 Å². The molecule has 88 valence electrons. The molecule has 17 heavy (non-hydrogen) atoms. The van der Waals surface area contributed by atoms with Crippen molar-refractivity contribution in [2.24, 2.45) is 0 Å². The maximum absolute atomic E-state index is 12.8. The van der Waals surface area contributed by atoms with Crippen LogP contribution in [-0.2, 0) is 6.54 Å². The smallest absolute Gasteiger partial charge is 0.255 e. The van der Waals surface area contributed by atoms with E-state index in [1.54, 1.807) is 17.1 Å². The largest absolute Gasteiger partial charge is 0.319 e. The van der Waals surface area contributed by atoms with Gasteiger partial charge in [0, 0.05) is 30.6 Å². The van der Waals surface area contributed by atoms with Crippen LogP contribution in [0.1, 0.15) is 17.3 Å². The Kier molecular flexibility index (Phi) is 3.13. The summed E-state index contributed by atoms with van der Waals surface area (Å²) in [6, 6.07) is 2.53. The van der Waals surface area contributed by atoms with E-state index in [4.69, 9.17) is 0 Å². The van der Waals surface area contributed by atoms with Crippen molar-refractivity contribution in [3.63, 3.8) is 0 Å². The van der Waals surface area contributed by atoms with Gasteiger partial charge in [0.2, 0.25) is 5.95 Å². The maximum Gasteiger partial charge on any atom is 0.255 e. The molecule has 0 spiro atoms. The second-order valence-electron chi connectivity index (χ2n) is 3.41. The zero-order chi connectivity index (χ0) is 12.3. The van der Waals surface area contributed by atoms with Crippen LogP contribution in [0.15, 0.2) is 30.7 Å². The lowest BCUT2D eigenvalue weighted by molar-refractivity contribution is 0.102. The Hall–Kier alpha value is -2.24. The van der Waals surface area contributed by atoms with Crippen LogP contribution < -0.4 is 5.32 Å². The Morgan fingerprint density at radius 1 is 1.59 bits per heavy atom. The molecule has 0 fully saturated rings. The van der Waals surface area contributed by atoms with E-state index >= 15 is 0 Å². The van der Waals surface area contributed by atoms with Gasteiger partial charge in [0.25, 0.3) is 5.91 Å². The third kappa shape index (κ3) is 2.66. The lowest BCUT2D eigenvalue weighted by Gasteiger charge is -2.01. The topological polar surface area (TPSA) is 59.8 Å². The number of aryl methyl sites for hydroxylation is 1. The van der Waals surface area contributed by atoms with Gasteiger partial charge in [-0.1, -0.05) is 0 Å². The van der Waals surface area contributed by atoms with E-state index < -0.39 is 5.95 Å². The SMILES string of the molecule is CCn1cc(NC(=O)c2ccnc(F)c2)cn1. The molecule has 0 aliphatic heterocycles.